The van der Waals surface area contributed by atoms with Crippen molar-refractivity contribution in [3.05, 3.63) is 89.5 Å². The molecule has 2 N–H and O–H groups in total. The number of amides is 2. The molecule has 3 aromatic carbocycles. The zero-order valence-corrected chi connectivity index (χ0v) is 33.8. The summed E-state index contributed by atoms with van der Waals surface area (Å²) in [6.07, 6.45) is 2.53. The van der Waals surface area contributed by atoms with E-state index in [2.05, 4.69) is 57.0 Å². The fourth-order valence-electron chi connectivity index (χ4n) is 9.84. The predicted octanol–water partition coefficient (Wildman–Crippen LogP) is 6.54. The maximum Gasteiger partial charge on any atom is 0.253 e. The van der Waals surface area contributed by atoms with Crippen LogP contribution in [0.2, 0.25) is 0 Å². The first-order valence-corrected chi connectivity index (χ1v) is 19.8. The maximum atomic E-state index is 14.3. The molecule has 0 spiro atoms. The summed E-state index contributed by atoms with van der Waals surface area (Å²) in [5, 5.41) is 15.7. The fourth-order valence-corrected chi connectivity index (χ4v) is 9.84. The Bertz CT molecular complexity index is 1740. The highest BCUT2D eigenvalue weighted by molar-refractivity contribution is 5.95. The number of fused-ring (bicyclic) bond motifs is 2. The molecule has 9 nitrogen and oxygen atoms in total. The molecule has 4 fully saturated rings. The van der Waals surface area contributed by atoms with Crippen LogP contribution in [0.3, 0.4) is 0 Å². The van der Waals surface area contributed by atoms with Gasteiger partial charge in [-0.3, -0.25) is 14.4 Å². The summed E-state index contributed by atoms with van der Waals surface area (Å²) in [5.74, 6) is 2.21. The van der Waals surface area contributed by atoms with Gasteiger partial charge in [-0.25, -0.2) is 0 Å². The zero-order chi connectivity index (χ0) is 38.9. The van der Waals surface area contributed by atoms with E-state index in [-0.39, 0.29) is 42.3 Å². The molecule has 3 aromatic rings. The molecular weight excluding hydrogens is 677 g/mol. The number of aliphatic hydroxyl groups excluding tert-OH is 1. The van der Waals surface area contributed by atoms with Crippen molar-refractivity contribution in [3.63, 3.8) is 0 Å². The van der Waals surface area contributed by atoms with Gasteiger partial charge in [-0.2, -0.15) is 5.06 Å². The lowest BCUT2D eigenvalue weighted by molar-refractivity contribution is -0.183. The number of likely N-dealkylation sites (N-methyl/N-ethyl adjacent to an activating group) is 2. The Labute approximate surface area is 323 Å². The van der Waals surface area contributed by atoms with E-state index >= 15 is 0 Å². The second-order valence-electron chi connectivity index (χ2n) is 17.3. The molecule has 1 saturated heterocycles. The van der Waals surface area contributed by atoms with Crippen LogP contribution < -0.4 is 10.1 Å². The number of hydrogen-bond acceptors (Lipinski definition) is 7. The van der Waals surface area contributed by atoms with Gasteiger partial charge in [0.1, 0.15) is 17.9 Å². The average Bonchev–Trinajstić information content (AvgIpc) is 3.53. The van der Waals surface area contributed by atoms with E-state index in [1.54, 1.807) is 12.2 Å². The first-order chi connectivity index (χ1) is 25.7. The fraction of sp³-hybridized carbons (Fsp3) is 0.556. The third kappa shape index (κ3) is 7.97. The minimum atomic E-state index is -0.561. The molecule has 1 aliphatic heterocycles. The molecule has 0 aromatic heterocycles. The highest BCUT2D eigenvalue weighted by atomic mass is 16.7. The number of rotatable bonds is 14. The standard InChI is InChI=1S/C45H62N4O5/c1-28(2)40-39(27-50)54-49(41(40)43(51)46-38-24-34-23-37(29(38)3)45(34,4)5)25-33-16-13-17-36(42(33)53-9)31-18-20-32(21-19-31)44(52)48(8)35(26-47(6)7)22-30-14-11-10-12-15-30/h10-21,28-29,34-35,37-41,50H,22-27H2,1-9H3,(H,46,51)/t29-,34+,35-,37-,38-,39-,40+,41?/m0/s1. The van der Waals surface area contributed by atoms with Crippen LogP contribution in [0, 0.1) is 35.0 Å². The first-order valence-electron chi connectivity index (χ1n) is 19.8. The molecule has 3 saturated carbocycles. The number of hydrogen-bond donors (Lipinski definition) is 2. The Morgan fingerprint density at radius 2 is 1.70 bits per heavy atom. The number of carbonyl (C=O) groups is 2. The van der Waals surface area contributed by atoms with Crippen LogP contribution in [0.5, 0.6) is 5.75 Å². The zero-order valence-electron chi connectivity index (χ0n) is 33.8. The number of benzene rings is 3. The van der Waals surface area contributed by atoms with Crippen molar-refractivity contribution in [1.29, 1.82) is 0 Å². The van der Waals surface area contributed by atoms with Crippen molar-refractivity contribution < 1.29 is 24.3 Å². The maximum absolute atomic E-state index is 14.3. The number of ether oxygens (including phenoxy) is 1. The van der Waals surface area contributed by atoms with Crippen LogP contribution in [0.1, 0.15) is 68.9 Å². The average molecular weight is 739 g/mol. The van der Waals surface area contributed by atoms with Crippen molar-refractivity contribution in [2.45, 2.75) is 84.7 Å². The molecule has 4 aliphatic rings. The van der Waals surface area contributed by atoms with Crippen LogP contribution in [-0.4, -0.2) is 97.4 Å². The van der Waals surface area contributed by atoms with Crippen LogP contribution in [0.15, 0.2) is 72.8 Å². The Morgan fingerprint density at radius 1 is 1.00 bits per heavy atom. The van der Waals surface area contributed by atoms with Crippen LogP contribution in [-0.2, 0) is 22.6 Å². The first kappa shape index (κ1) is 39.9. The van der Waals surface area contributed by atoms with E-state index in [9.17, 15) is 14.7 Å². The monoisotopic (exact) mass is 738 g/mol. The van der Waals surface area contributed by atoms with Crippen LogP contribution in [0.25, 0.3) is 11.1 Å². The summed E-state index contributed by atoms with van der Waals surface area (Å²) in [6, 6.07) is 23.6. The molecule has 292 valence electrons. The van der Waals surface area contributed by atoms with E-state index in [0.717, 1.165) is 36.1 Å². The Morgan fingerprint density at radius 3 is 2.30 bits per heavy atom. The van der Waals surface area contributed by atoms with Crippen molar-refractivity contribution >= 4 is 11.8 Å². The number of nitrogens with zero attached hydrogens (tertiary/aromatic N) is 3. The van der Waals surface area contributed by atoms with Gasteiger partial charge in [-0.1, -0.05) is 95.3 Å². The quantitative estimate of drug-likeness (QED) is 0.194. The molecule has 1 heterocycles. The van der Waals surface area contributed by atoms with Gasteiger partial charge in [0.05, 0.1) is 20.3 Å². The van der Waals surface area contributed by atoms with Gasteiger partial charge in [0.15, 0.2) is 0 Å². The smallest absolute Gasteiger partial charge is 0.253 e. The van der Waals surface area contributed by atoms with Gasteiger partial charge in [0.25, 0.3) is 5.91 Å². The normalized spacial score (nSPS) is 26.7. The SMILES string of the molecule is COc1c(CN2O[C@@H](CO)[C@@H](C(C)C)C2C(=O)N[C@H]2C[C@H]3C[C@@H]([C@@H]2C)C3(C)C)cccc1-c1ccc(C(=O)N(C)[C@@H](Cc2ccccc2)CN(C)C)cc1. The number of nitrogens with one attached hydrogen (secondary N) is 1. The Hall–Kier alpha value is -3.76. The second-order valence-corrected chi connectivity index (χ2v) is 17.3. The molecular formula is C45H62N4O5. The Balaban J connectivity index is 1.21. The predicted molar refractivity (Wildman–Crippen MR) is 214 cm³/mol. The number of aliphatic hydroxyl groups is 1. The summed E-state index contributed by atoms with van der Waals surface area (Å²) in [6.45, 7) is 12.1. The molecule has 0 radical (unpaired) electrons. The van der Waals surface area contributed by atoms with E-state index in [0.29, 0.717) is 41.0 Å². The van der Waals surface area contributed by atoms with Crippen molar-refractivity contribution in [1.82, 2.24) is 20.2 Å². The lowest BCUT2D eigenvalue weighted by atomic mass is 9.45. The summed E-state index contributed by atoms with van der Waals surface area (Å²) in [7, 11) is 7.61. The molecule has 3 aliphatic carbocycles. The second kappa shape index (κ2) is 16.5. The van der Waals surface area contributed by atoms with Crippen molar-refractivity contribution in [2.24, 2.45) is 35.0 Å². The summed E-state index contributed by atoms with van der Waals surface area (Å²) >= 11 is 0. The molecule has 7 rings (SSSR count). The highest BCUT2D eigenvalue weighted by Gasteiger charge is 2.57. The minimum absolute atomic E-state index is 0.00890. The van der Waals surface area contributed by atoms with Gasteiger partial charge < -0.3 is 25.0 Å². The number of carbonyl (C=O) groups excluding carboxylic acids is 2. The molecule has 54 heavy (non-hydrogen) atoms. The Kier molecular flexibility index (Phi) is 12.2. The molecule has 1 unspecified atom stereocenters. The molecule has 2 amide bonds. The number of methoxy groups -OCH3 is 1. The third-order valence-electron chi connectivity index (χ3n) is 13.1. The number of para-hydroxylation sites is 1. The van der Waals surface area contributed by atoms with Crippen LogP contribution in [0.4, 0.5) is 0 Å². The van der Waals surface area contributed by atoms with Crippen molar-refractivity contribution in [3.8, 4) is 16.9 Å². The third-order valence-corrected chi connectivity index (χ3v) is 13.1. The lowest BCUT2D eigenvalue weighted by Gasteiger charge is -2.62. The van der Waals surface area contributed by atoms with E-state index in [1.165, 1.54) is 12.0 Å². The highest BCUT2D eigenvalue weighted by Crippen LogP contribution is 2.61. The molecule has 8 atom stereocenters. The largest absolute Gasteiger partial charge is 0.496 e. The van der Waals surface area contributed by atoms with Gasteiger partial charge in [0.2, 0.25) is 5.91 Å². The molecule has 9 heteroatoms. The van der Waals surface area contributed by atoms with Gasteiger partial charge in [-0.15, -0.1) is 0 Å². The summed E-state index contributed by atoms with van der Waals surface area (Å²) in [5.41, 5.74) is 4.82. The van der Waals surface area contributed by atoms with Crippen LogP contribution >= 0.6 is 0 Å². The van der Waals surface area contributed by atoms with Gasteiger partial charge in [-0.05, 0) is 85.7 Å². The lowest BCUT2D eigenvalue weighted by Crippen LogP contribution is -2.62. The van der Waals surface area contributed by atoms with E-state index < -0.39 is 12.1 Å². The van der Waals surface area contributed by atoms with Gasteiger partial charge in [0, 0.05) is 48.3 Å². The topological polar surface area (TPSA) is 94.6 Å². The van der Waals surface area contributed by atoms with E-state index in [1.807, 2.05) is 86.7 Å². The minimum Gasteiger partial charge on any atom is -0.496 e. The summed E-state index contributed by atoms with van der Waals surface area (Å²) in [4.78, 5) is 38.5. The summed E-state index contributed by atoms with van der Waals surface area (Å²) < 4.78 is 6.07. The molecule has 2 bridgehead atoms. The van der Waals surface area contributed by atoms with Crippen molar-refractivity contribution in [2.75, 3.05) is 41.4 Å². The van der Waals surface area contributed by atoms with E-state index in [4.69, 9.17) is 9.57 Å². The van der Waals surface area contributed by atoms with Gasteiger partial charge >= 0.3 is 0 Å². The number of hydroxylamine groups is 2.